The van der Waals surface area contributed by atoms with Crippen LogP contribution in [0.2, 0.25) is 0 Å². The lowest BCUT2D eigenvalue weighted by atomic mass is 9.93. The van der Waals surface area contributed by atoms with E-state index in [-0.39, 0.29) is 18.1 Å². The van der Waals surface area contributed by atoms with E-state index >= 15 is 4.57 Å². The van der Waals surface area contributed by atoms with Crippen molar-refractivity contribution in [2.45, 2.75) is 147 Å². The second kappa shape index (κ2) is 30.2. The molecule has 0 bridgehead atoms. The highest BCUT2D eigenvalue weighted by Gasteiger charge is 2.57. The van der Waals surface area contributed by atoms with Crippen LogP contribution in [-0.2, 0) is 122 Å². The standard InChI is InChI=1S/C52H66N3O23PS/c1-30(50(63)67-24-25-80(65,66)40-22-16-11-17-23-40)53-49(62)31(2)72-47-44(55-33(4)57)52(78-79(64,70-26-38-18-12-9-13-19-38)71-27-39-20-14-10-15-21-39)76-42(29-69-35(6)59)46(47)77-51-43(54-32(3)56)48(74-37(8)61)45(73-36(7)60)41(75-51)28-68-34(5)58/h9-23,30-31,41-48,51-52H,24-29H2,1-8H3,(H,53,62)(H,54,56)(H,55,57)/t30-,31+,41+,42+,43+,44+,45+,46?,47+,48+,51-,52+/m0/s1. The zero-order valence-corrected chi connectivity index (χ0v) is 46.8. The van der Waals surface area contributed by atoms with Gasteiger partial charge in [0.25, 0.3) is 0 Å². The van der Waals surface area contributed by atoms with Crippen LogP contribution in [0.3, 0.4) is 0 Å². The van der Waals surface area contributed by atoms with Gasteiger partial charge in [0.1, 0.15) is 68.5 Å². The van der Waals surface area contributed by atoms with Crippen LogP contribution in [0.25, 0.3) is 0 Å². The zero-order valence-electron chi connectivity index (χ0n) is 45.1. The molecule has 2 saturated heterocycles. The van der Waals surface area contributed by atoms with Crippen LogP contribution in [0.1, 0.15) is 66.5 Å². The van der Waals surface area contributed by atoms with E-state index in [9.17, 15) is 46.8 Å². The molecule has 3 aromatic carbocycles. The summed E-state index contributed by atoms with van der Waals surface area (Å²) in [6.07, 6.45) is -15.7. The number of benzene rings is 3. The number of esters is 5. The van der Waals surface area contributed by atoms with Crippen molar-refractivity contribution in [2.75, 3.05) is 25.6 Å². The number of sulfone groups is 1. The van der Waals surface area contributed by atoms with E-state index in [1.54, 1.807) is 66.7 Å². The summed E-state index contributed by atoms with van der Waals surface area (Å²) >= 11 is 0. The Balaban J connectivity index is 1.60. The molecule has 2 fully saturated rings. The summed E-state index contributed by atoms with van der Waals surface area (Å²) in [4.78, 5) is 104. The lowest BCUT2D eigenvalue weighted by molar-refractivity contribution is -0.332. The normalized spacial score (nSPS) is 23.6. The van der Waals surface area contributed by atoms with Gasteiger partial charge in [0.15, 0.2) is 34.6 Å². The highest BCUT2D eigenvalue weighted by Crippen LogP contribution is 2.53. The first-order valence-electron chi connectivity index (χ1n) is 25.0. The van der Waals surface area contributed by atoms with Crippen LogP contribution in [0.15, 0.2) is 95.9 Å². The Morgan fingerprint density at radius 1 is 0.588 bits per heavy atom. The highest BCUT2D eigenvalue weighted by molar-refractivity contribution is 7.91. The Bertz CT molecular complexity index is 2710. The summed E-state index contributed by atoms with van der Waals surface area (Å²) in [6, 6.07) is 19.6. The van der Waals surface area contributed by atoms with Crippen molar-refractivity contribution >= 4 is 65.2 Å². The van der Waals surface area contributed by atoms with E-state index in [0.717, 1.165) is 41.5 Å². The van der Waals surface area contributed by atoms with E-state index in [1.165, 1.54) is 38.1 Å². The monoisotopic (exact) mass is 1160 g/mol. The quantitative estimate of drug-likeness (QED) is 0.0561. The van der Waals surface area contributed by atoms with Crippen molar-refractivity contribution in [1.29, 1.82) is 0 Å². The van der Waals surface area contributed by atoms with Crippen LogP contribution >= 0.6 is 7.82 Å². The summed E-state index contributed by atoms with van der Waals surface area (Å²) in [5.41, 5.74) is 1.05. The smallest absolute Gasteiger partial charge is 0.463 e. The molecular formula is C52H66N3O23PS. The second-order valence-corrected chi connectivity index (χ2v) is 22.0. The maximum absolute atomic E-state index is 15.0. The first-order chi connectivity index (χ1) is 37.8. The summed E-state index contributed by atoms with van der Waals surface area (Å²) < 4.78 is 112. The van der Waals surface area contributed by atoms with Gasteiger partial charge in [-0.3, -0.25) is 47.1 Å². The number of amides is 3. The number of carbonyl (C=O) groups excluding carboxylic acids is 8. The predicted octanol–water partition coefficient (Wildman–Crippen LogP) is 2.67. The second-order valence-electron chi connectivity index (χ2n) is 18.2. The first kappa shape index (κ1) is 64.1. The topological polar surface area (TPSA) is 335 Å². The third-order valence-corrected chi connectivity index (χ3v) is 14.7. The van der Waals surface area contributed by atoms with E-state index in [0.29, 0.717) is 11.1 Å². The van der Waals surface area contributed by atoms with Crippen LogP contribution in [0.5, 0.6) is 0 Å². The van der Waals surface area contributed by atoms with Crippen molar-refractivity contribution in [3.63, 3.8) is 0 Å². The highest BCUT2D eigenvalue weighted by atomic mass is 32.2. The molecule has 80 heavy (non-hydrogen) atoms. The van der Waals surface area contributed by atoms with Gasteiger partial charge in [0, 0.05) is 41.5 Å². The fourth-order valence-electron chi connectivity index (χ4n) is 8.09. The van der Waals surface area contributed by atoms with Gasteiger partial charge in [-0.1, -0.05) is 78.9 Å². The minimum Gasteiger partial charge on any atom is -0.463 e. The van der Waals surface area contributed by atoms with Gasteiger partial charge in [0.05, 0.1) is 23.9 Å². The van der Waals surface area contributed by atoms with Gasteiger partial charge in [-0.05, 0) is 37.1 Å². The molecule has 3 aromatic rings. The van der Waals surface area contributed by atoms with Crippen molar-refractivity contribution in [3.8, 4) is 0 Å². The molecule has 0 radical (unpaired) electrons. The molecule has 28 heteroatoms. The van der Waals surface area contributed by atoms with Crippen molar-refractivity contribution in [2.24, 2.45) is 0 Å². The number of carbonyl (C=O) groups is 8. The molecular weight excluding hydrogens is 1100 g/mol. The van der Waals surface area contributed by atoms with Gasteiger partial charge >= 0.3 is 37.7 Å². The molecule has 1 unspecified atom stereocenters. The fourth-order valence-corrected chi connectivity index (χ4v) is 10.5. The maximum Gasteiger partial charge on any atom is 0.477 e. The SMILES string of the molecule is CC(=O)N[C@H]1[C@H](OC2[C@@H](COC(C)=O)O[C@H](OP(=O)(OCc3ccccc3)OCc3ccccc3)[C@H](NC(C)=O)[C@H]2O[C@H](C)C(=O)N[C@@H](C)C(=O)OCCS(=O)(=O)c2ccccc2)O[C@H](COC(C)=O)[C@@H](OC(C)=O)[C@@H]1OC(C)=O. The molecule has 0 saturated carbocycles. The molecule has 0 aliphatic carbocycles. The molecule has 5 rings (SSSR count). The van der Waals surface area contributed by atoms with E-state index in [1.807, 2.05) is 0 Å². The Hall–Kier alpha value is -6.68. The molecule has 0 spiro atoms. The third-order valence-electron chi connectivity index (χ3n) is 11.7. The van der Waals surface area contributed by atoms with Gasteiger partial charge in [-0.2, -0.15) is 0 Å². The van der Waals surface area contributed by atoms with E-state index in [2.05, 4.69) is 16.0 Å². The number of phosphoric acid groups is 1. The van der Waals surface area contributed by atoms with Crippen molar-refractivity contribution in [1.82, 2.24) is 16.0 Å². The van der Waals surface area contributed by atoms with Crippen molar-refractivity contribution in [3.05, 3.63) is 102 Å². The van der Waals surface area contributed by atoms with Crippen molar-refractivity contribution < 1.29 is 108 Å². The van der Waals surface area contributed by atoms with Crippen LogP contribution in [0.4, 0.5) is 0 Å². The summed E-state index contributed by atoms with van der Waals surface area (Å²) in [5, 5.41) is 7.62. The largest absolute Gasteiger partial charge is 0.477 e. The van der Waals surface area contributed by atoms with E-state index < -0.39 is 164 Å². The summed E-state index contributed by atoms with van der Waals surface area (Å²) in [5.74, 6) is -7.75. The van der Waals surface area contributed by atoms with Gasteiger partial charge in [0.2, 0.25) is 17.7 Å². The number of nitrogens with one attached hydrogen (secondary N) is 3. The van der Waals surface area contributed by atoms with Gasteiger partial charge in [-0.15, -0.1) is 0 Å². The van der Waals surface area contributed by atoms with Crippen LogP contribution in [-0.4, -0.2) is 155 Å². The lowest BCUT2D eigenvalue weighted by Crippen LogP contribution is -2.70. The van der Waals surface area contributed by atoms with Gasteiger partial charge in [-0.25, -0.2) is 17.8 Å². The number of hydrogen-bond acceptors (Lipinski definition) is 23. The Morgan fingerprint density at radius 3 is 1.54 bits per heavy atom. The number of phosphoric ester groups is 1. The van der Waals surface area contributed by atoms with Crippen LogP contribution in [0, 0.1) is 0 Å². The molecule has 2 aliphatic rings. The molecule has 12 atom stereocenters. The molecule has 3 N–H and O–H groups in total. The van der Waals surface area contributed by atoms with E-state index in [4.69, 9.17) is 56.2 Å². The Morgan fingerprint density at radius 2 is 1.05 bits per heavy atom. The number of ether oxygens (including phenoxy) is 9. The average Bonchev–Trinajstić information content (AvgIpc) is 3.57. The summed E-state index contributed by atoms with van der Waals surface area (Å²) in [6.45, 7) is 6.08. The minimum atomic E-state index is -4.91. The predicted molar refractivity (Wildman–Crippen MR) is 274 cm³/mol. The molecule has 2 aliphatic heterocycles. The molecule has 26 nitrogen and oxygen atoms in total. The zero-order chi connectivity index (χ0) is 58.7. The third kappa shape index (κ3) is 19.8. The maximum atomic E-state index is 15.0. The lowest BCUT2D eigenvalue weighted by Gasteiger charge is -2.50. The Kier molecular flexibility index (Phi) is 24.2. The summed E-state index contributed by atoms with van der Waals surface area (Å²) in [7, 11) is -8.77. The first-order valence-corrected chi connectivity index (χ1v) is 28.1. The Labute approximate surface area is 461 Å². The number of hydrogen-bond donors (Lipinski definition) is 3. The van der Waals surface area contributed by atoms with Crippen LogP contribution < -0.4 is 16.0 Å². The average molecular weight is 1160 g/mol. The molecule has 0 aromatic heterocycles. The molecule has 3 amide bonds. The van der Waals surface area contributed by atoms with Gasteiger partial charge < -0.3 is 58.6 Å². The molecule has 438 valence electrons. The molecule has 2 heterocycles. The number of rotatable bonds is 27. The fraction of sp³-hybridized carbons (Fsp3) is 0.500. The minimum absolute atomic E-state index is 0.000727.